The van der Waals surface area contributed by atoms with Crippen LogP contribution in [0.25, 0.3) is 5.57 Å². The molecule has 0 aliphatic carbocycles. The minimum atomic E-state index is -5.19. The average Bonchev–Trinajstić information content (AvgIpc) is 2.62. The zero-order valence-electron chi connectivity index (χ0n) is 14.1. The summed E-state index contributed by atoms with van der Waals surface area (Å²) >= 11 is 0. The molecule has 0 saturated heterocycles. The average molecular weight is 436 g/mol. The molecule has 11 heteroatoms. The Morgan fingerprint density at radius 2 is 1.38 bits per heavy atom. The van der Waals surface area contributed by atoms with E-state index in [1.165, 1.54) is 12.1 Å². The molecule has 0 radical (unpaired) electrons. The summed E-state index contributed by atoms with van der Waals surface area (Å²) in [6.07, 6.45) is -10.4. The van der Waals surface area contributed by atoms with Crippen LogP contribution in [0.1, 0.15) is 27.0 Å². The quantitative estimate of drug-likeness (QED) is 0.720. The van der Waals surface area contributed by atoms with E-state index in [2.05, 4.69) is 0 Å². The Morgan fingerprint density at radius 1 is 0.862 bits per heavy atom. The number of Topliss-reactive ketones (excluding diaryl/α,β-unsaturated/α-hetero) is 1. The molecule has 29 heavy (non-hydrogen) atoms. The van der Waals surface area contributed by atoms with Crippen molar-refractivity contribution in [2.75, 3.05) is 6.61 Å². The van der Waals surface area contributed by atoms with Gasteiger partial charge in [0, 0.05) is 11.1 Å². The standard InChI is InChI=1S/C18H10F6O4S/c19-17(20,21)10-5-9(6-11(7-10)18(22,23)24)15-14(8-25)29(27,28)13-4-2-1-3-12(13)16(15)26/h1-7,25H,8H2. The summed E-state index contributed by atoms with van der Waals surface area (Å²) in [5.41, 5.74) is -5.67. The molecular weight excluding hydrogens is 426 g/mol. The summed E-state index contributed by atoms with van der Waals surface area (Å²) < 4.78 is 104. The minimum Gasteiger partial charge on any atom is -0.391 e. The number of halogens is 6. The molecule has 4 nitrogen and oxygen atoms in total. The lowest BCUT2D eigenvalue weighted by molar-refractivity contribution is -0.143. The summed E-state index contributed by atoms with van der Waals surface area (Å²) in [5.74, 6) is -1.10. The number of aliphatic hydroxyl groups is 1. The van der Waals surface area contributed by atoms with Gasteiger partial charge in [0.2, 0.25) is 9.84 Å². The SMILES string of the molecule is O=C1C(c2cc(C(F)(F)F)cc(C(F)(F)F)c2)=C(CO)S(=O)(=O)c2ccccc21. The van der Waals surface area contributed by atoms with Crippen LogP contribution in [0.15, 0.2) is 52.3 Å². The number of hydrogen-bond acceptors (Lipinski definition) is 4. The second-order valence-electron chi connectivity index (χ2n) is 6.08. The maximum Gasteiger partial charge on any atom is 0.416 e. The predicted molar refractivity (Wildman–Crippen MR) is 88.4 cm³/mol. The maximum absolute atomic E-state index is 13.1. The third kappa shape index (κ3) is 3.55. The van der Waals surface area contributed by atoms with Gasteiger partial charge in [-0.05, 0) is 35.9 Å². The highest BCUT2D eigenvalue weighted by molar-refractivity contribution is 7.95. The largest absolute Gasteiger partial charge is 0.416 e. The van der Waals surface area contributed by atoms with E-state index in [4.69, 9.17) is 0 Å². The van der Waals surface area contributed by atoms with Crippen LogP contribution in [0.4, 0.5) is 26.3 Å². The van der Waals surface area contributed by atoms with Crippen molar-refractivity contribution in [3.8, 4) is 0 Å². The number of aliphatic hydroxyl groups excluding tert-OH is 1. The van der Waals surface area contributed by atoms with Gasteiger partial charge in [0.05, 0.1) is 27.5 Å². The molecule has 0 saturated carbocycles. The van der Waals surface area contributed by atoms with Crippen molar-refractivity contribution in [1.29, 1.82) is 0 Å². The van der Waals surface area contributed by atoms with E-state index in [0.29, 0.717) is 0 Å². The third-order valence-electron chi connectivity index (χ3n) is 4.27. The number of hydrogen-bond donors (Lipinski definition) is 1. The number of rotatable bonds is 2. The molecule has 154 valence electrons. The summed E-state index contributed by atoms with van der Waals surface area (Å²) in [5, 5.41) is 9.53. The molecule has 0 bridgehead atoms. The van der Waals surface area contributed by atoms with Gasteiger partial charge >= 0.3 is 12.4 Å². The van der Waals surface area contributed by atoms with Crippen LogP contribution in [-0.4, -0.2) is 25.9 Å². The first-order valence-electron chi connectivity index (χ1n) is 7.81. The van der Waals surface area contributed by atoms with Crippen LogP contribution in [0.3, 0.4) is 0 Å². The molecular formula is C18H10F6O4S. The van der Waals surface area contributed by atoms with E-state index < -0.39 is 72.2 Å². The zero-order chi connectivity index (χ0) is 21.8. The van der Waals surface area contributed by atoms with Crippen LogP contribution in [0.2, 0.25) is 0 Å². The van der Waals surface area contributed by atoms with Crippen molar-refractivity contribution >= 4 is 21.2 Å². The predicted octanol–water partition coefficient (Wildman–Crippen LogP) is 4.10. The smallest absolute Gasteiger partial charge is 0.391 e. The first-order valence-corrected chi connectivity index (χ1v) is 9.29. The van der Waals surface area contributed by atoms with E-state index >= 15 is 0 Å². The molecule has 1 aliphatic heterocycles. The highest BCUT2D eigenvalue weighted by Gasteiger charge is 2.41. The zero-order valence-corrected chi connectivity index (χ0v) is 14.9. The number of fused-ring (bicyclic) bond motifs is 1. The maximum atomic E-state index is 13.1. The topological polar surface area (TPSA) is 71.4 Å². The van der Waals surface area contributed by atoms with Gasteiger partial charge in [-0.15, -0.1) is 0 Å². The molecule has 0 atom stereocenters. The van der Waals surface area contributed by atoms with E-state index in [-0.39, 0.29) is 18.2 Å². The number of ketones is 1. The van der Waals surface area contributed by atoms with Gasteiger partial charge in [-0.1, -0.05) is 12.1 Å². The van der Waals surface area contributed by atoms with Crippen molar-refractivity contribution in [3.05, 3.63) is 69.6 Å². The Kier molecular flexibility index (Phi) is 4.86. The lowest BCUT2D eigenvalue weighted by Gasteiger charge is -2.22. The number of alkyl halides is 6. The molecule has 0 amide bonds. The fraction of sp³-hybridized carbons (Fsp3) is 0.167. The van der Waals surface area contributed by atoms with Crippen molar-refractivity contribution in [2.24, 2.45) is 0 Å². The Morgan fingerprint density at radius 3 is 1.86 bits per heavy atom. The normalized spacial score (nSPS) is 16.7. The first kappa shape index (κ1) is 21.1. The lowest BCUT2D eigenvalue weighted by atomic mass is 9.92. The Hall–Kier alpha value is -2.66. The summed E-state index contributed by atoms with van der Waals surface area (Å²) in [7, 11) is -4.51. The van der Waals surface area contributed by atoms with Crippen molar-refractivity contribution in [2.45, 2.75) is 17.2 Å². The molecule has 2 aromatic rings. The molecule has 1 heterocycles. The summed E-state index contributed by atoms with van der Waals surface area (Å²) in [6, 6.07) is 5.09. The van der Waals surface area contributed by atoms with Crippen LogP contribution >= 0.6 is 0 Å². The number of benzene rings is 2. The van der Waals surface area contributed by atoms with Gasteiger partial charge in [-0.3, -0.25) is 4.79 Å². The Balaban J connectivity index is 2.40. The van der Waals surface area contributed by atoms with Crippen LogP contribution in [0.5, 0.6) is 0 Å². The van der Waals surface area contributed by atoms with Crippen LogP contribution in [-0.2, 0) is 22.2 Å². The molecule has 0 aromatic heterocycles. The number of carbonyl (C=O) groups is 1. The van der Waals surface area contributed by atoms with Gasteiger partial charge in [-0.2, -0.15) is 26.3 Å². The van der Waals surface area contributed by atoms with Gasteiger partial charge in [-0.25, -0.2) is 8.42 Å². The fourth-order valence-electron chi connectivity index (χ4n) is 2.97. The van der Waals surface area contributed by atoms with Gasteiger partial charge in [0.15, 0.2) is 5.78 Å². The fourth-order valence-corrected chi connectivity index (χ4v) is 4.59. The molecule has 1 aliphatic rings. The summed E-state index contributed by atoms with van der Waals surface area (Å²) in [4.78, 5) is 11.4. The van der Waals surface area contributed by atoms with Crippen LogP contribution < -0.4 is 0 Å². The molecule has 3 rings (SSSR count). The molecule has 2 aromatic carbocycles. The van der Waals surface area contributed by atoms with Crippen molar-refractivity contribution < 1.29 is 44.7 Å². The Labute approximate surface area is 160 Å². The van der Waals surface area contributed by atoms with Crippen molar-refractivity contribution in [1.82, 2.24) is 0 Å². The van der Waals surface area contributed by atoms with Gasteiger partial charge in [0.25, 0.3) is 0 Å². The van der Waals surface area contributed by atoms with Gasteiger partial charge in [0.1, 0.15) is 0 Å². The Bertz CT molecular complexity index is 1110. The van der Waals surface area contributed by atoms with E-state index in [1.807, 2.05) is 0 Å². The molecule has 0 unspecified atom stereocenters. The third-order valence-corrected chi connectivity index (χ3v) is 6.19. The molecule has 0 spiro atoms. The highest BCUT2D eigenvalue weighted by atomic mass is 32.2. The first-order chi connectivity index (χ1) is 13.3. The van der Waals surface area contributed by atoms with Crippen LogP contribution in [0, 0.1) is 0 Å². The molecule has 1 N–H and O–H groups in total. The second kappa shape index (κ2) is 6.70. The van der Waals surface area contributed by atoms with Crippen molar-refractivity contribution in [3.63, 3.8) is 0 Å². The van der Waals surface area contributed by atoms with E-state index in [1.54, 1.807) is 0 Å². The highest BCUT2D eigenvalue weighted by Crippen LogP contribution is 2.42. The van der Waals surface area contributed by atoms with Gasteiger partial charge < -0.3 is 5.11 Å². The lowest BCUT2D eigenvalue weighted by Crippen LogP contribution is -2.24. The number of carbonyl (C=O) groups excluding carboxylic acids is 1. The minimum absolute atomic E-state index is 0.140. The summed E-state index contributed by atoms with van der Waals surface area (Å²) in [6.45, 7) is -1.28. The second-order valence-corrected chi connectivity index (χ2v) is 8.02. The van der Waals surface area contributed by atoms with E-state index in [9.17, 15) is 44.7 Å². The number of allylic oxidation sites excluding steroid dienone is 1. The molecule has 0 fully saturated rings. The monoisotopic (exact) mass is 436 g/mol. The van der Waals surface area contributed by atoms with E-state index in [0.717, 1.165) is 12.1 Å². The number of sulfone groups is 1.